The first-order chi connectivity index (χ1) is 12.7. The van der Waals surface area contributed by atoms with Crippen molar-refractivity contribution in [2.24, 2.45) is 5.10 Å². The normalized spacial score (nSPS) is 10.8. The van der Waals surface area contributed by atoms with Crippen molar-refractivity contribution in [2.75, 3.05) is 6.61 Å². The Morgan fingerprint density at radius 1 is 1.27 bits per heavy atom. The summed E-state index contributed by atoms with van der Waals surface area (Å²) in [5.41, 5.74) is 5.25. The Kier molecular flexibility index (Phi) is 5.80. The third-order valence-electron chi connectivity index (χ3n) is 3.51. The van der Waals surface area contributed by atoms with Crippen molar-refractivity contribution in [3.63, 3.8) is 0 Å². The number of rotatable bonds is 6. The molecule has 7 heteroatoms. The second-order valence-electron chi connectivity index (χ2n) is 5.38. The van der Waals surface area contributed by atoms with Crippen molar-refractivity contribution in [3.8, 4) is 17.0 Å². The van der Waals surface area contributed by atoms with Gasteiger partial charge in [0.25, 0.3) is 5.91 Å². The zero-order valence-corrected chi connectivity index (χ0v) is 15.7. The number of nitrogens with zero attached hydrogens (tertiary/aromatic N) is 2. The molecule has 0 unspecified atom stereocenters. The lowest BCUT2D eigenvalue weighted by Crippen LogP contribution is -2.17. The molecule has 0 spiro atoms. The van der Waals surface area contributed by atoms with Crippen molar-refractivity contribution >= 4 is 28.1 Å². The summed E-state index contributed by atoms with van der Waals surface area (Å²) in [6.07, 6.45) is 1.58. The molecular weight excluding hydrogens is 396 g/mol. The Hall–Kier alpha value is -2.93. The fraction of sp³-hybridized carbons (Fsp3) is 0.105. The van der Waals surface area contributed by atoms with Crippen molar-refractivity contribution < 1.29 is 9.53 Å². The highest BCUT2D eigenvalue weighted by Crippen LogP contribution is 2.21. The summed E-state index contributed by atoms with van der Waals surface area (Å²) in [6.45, 7) is 2.55. The zero-order chi connectivity index (χ0) is 18.4. The molecule has 0 bridgehead atoms. The maximum Gasteiger partial charge on any atom is 0.289 e. The monoisotopic (exact) mass is 412 g/mol. The number of halogens is 1. The number of amides is 1. The summed E-state index contributed by atoms with van der Waals surface area (Å²) in [5.74, 6) is 0.438. The highest BCUT2D eigenvalue weighted by molar-refractivity contribution is 9.10. The van der Waals surface area contributed by atoms with E-state index in [1.807, 2.05) is 55.5 Å². The Labute approximate surface area is 159 Å². The Balaban J connectivity index is 1.64. The van der Waals surface area contributed by atoms with Crippen LogP contribution in [0.3, 0.4) is 0 Å². The predicted octanol–water partition coefficient (Wildman–Crippen LogP) is 4.00. The number of nitrogens with one attached hydrogen (secondary N) is 2. The molecule has 2 aromatic carbocycles. The molecule has 132 valence electrons. The van der Waals surface area contributed by atoms with Crippen LogP contribution in [0.5, 0.6) is 5.75 Å². The van der Waals surface area contributed by atoms with Crippen molar-refractivity contribution in [1.29, 1.82) is 0 Å². The number of aromatic nitrogens is 2. The quantitative estimate of drug-likeness (QED) is 0.474. The number of hydrogen-bond acceptors (Lipinski definition) is 4. The lowest BCUT2D eigenvalue weighted by Gasteiger charge is -2.02. The summed E-state index contributed by atoms with van der Waals surface area (Å²) in [5, 5.41) is 10.9. The van der Waals surface area contributed by atoms with Crippen LogP contribution in [0.2, 0.25) is 0 Å². The van der Waals surface area contributed by atoms with Gasteiger partial charge in [-0.2, -0.15) is 10.2 Å². The number of carbonyl (C=O) groups is 1. The first kappa shape index (κ1) is 17.9. The van der Waals surface area contributed by atoms with E-state index < -0.39 is 0 Å². The maximum atomic E-state index is 12.2. The molecule has 0 aliphatic carbocycles. The highest BCUT2D eigenvalue weighted by atomic mass is 79.9. The van der Waals surface area contributed by atoms with Gasteiger partial charge in [-0.05, 0) is 55.0 Å². The predicted molar refractivity (Wildman–Crippen MR) is 104 cm³/mol. The molecule has 26 heavy (non-hydrogen) atoms. The van der Waals surface area contributed by atoms with Gasteiger partial charge in [-0.3, -0.25) is 9.89 Å². The minimum atomic E-state index is -0.360. The highest BCUT2D eigenvalue weighted by Gasteiger charge is 2.10. The number of carbonyl (C=O) groups excluding carboxylic acids is 1. The number of hydrazone groups is 1. The van der Waals surface area contributed by atoms with E-state index in [0.29, 0.717) is 18.0 Å². The summed E-state index contributed by atoms with van der Waals surface area (Å²) in [4.78, 5) is 12.2. The van der Waals surface area contributed by atoms with Crippen LogP contribution in [0.4, 0.5) is 0 Å². The van der Waals surface area contributed by atoms with Gasteiger partial charge in [0.05, 0.1) is 18.5 Å². The fourth-order valence-corrected chi connectivity index (χ4v) is 2.70. The van der Waals surface area contributed by atoms with Gasteiger partial charge in [-0.1, -0.05) is 28.1 Å². The second kappa shape index (κ2) is 8.44. The third kappa shape index (κ3) is 4.58. The van der Waals surface area contributed by atoms with Gasteiger partial charge < -0.3 is 4.74 Å². The van der Waals surface area contributed by atoms with Crippen LogP contribution >= 0.6 is 15.9 Å². The molecule has 0 saturated carbocycles. The van der Waals surface area contributed by atoms with E-state index in [4.69, 9.17) is 4.74 Å². The first-order valence-electron chi connectivity index (χ1n) is 8.03. The van der Waals surface area contributed by atoms with E-state index in [9.17, 15) is 4.79 Å². The van der Waals surface area contributed by atoms with E-state index >= 15 is 0 Å². The van der Waals surface area contributed by atoms with E-state index in [0.717, 1.165) is 21.3 Å². The molecule has 0 saturated heterocycles. The molecule has 2 N–H and O–H groups in total. The van der Waals surface area contributed by atoms with E-state index in [1.165, 1.54) is 0 Å². The van der Waals surface area contributed by atoms with Gasteiger partial charge >= 0.3 is 0 Å². The van der Waals surface area contributed by atoms with Crippen LogP contribution in [0, 0.1) is 0 Å². The van der Waals surface area contributed by atoms with Gasteiger partial charge in [-0.15, -0.1) is 0 Å². The average molecular weight is 413 g/mol. The van der Waals surface area contributed by atoms with Crippen LogP contribution in [0.1, 0.15) is 23.0 Å². The lowest BCUT2D eigenvalue weighted by atomic mass is 10.1. The largest absolute Gasteiger partial charge is 0.494 e. The van der Waals surface area contributed by atoms with Gasteiger partial charge in [0.2, 0.25) is 0 Å². The van der Waals surface area contributed by atoms with Gasteiger partial charge in [0.15, 0.2) is 0 Å². The first-order valence-corrected chi connectivity index (χ1v) is 8.82. The molecule has 6 nitrogen and oxygen atoms in total. The average Bonchev–Trinajstić information content (AvgIpc) is 3.13. The minimum absolute atomic E-state index is 0.334. The van der Waals surface area contributed by atoms with E-state index in [2.05, 4.69) is 36.7 Å². The second-order valence-corrected chi connectivity index (χ2v) is 6.29. The van der Waals surface area contributed by atoms with E-state index in [1.54, 1.807) is 12.3 Å². The van der Waals surface area contributed by atoms with Crippen molar-refractivity contribution in [1.82, 2.24) is 15.6 Å². The number of aromatic amines is 1. The van der Waals surface area contributed by atoms with Crippen LogP contribution in [-0.4, -0.2) is 28.9 Å². The SMILES string of the molecule is CCOc1ccc(-c2cc(C(=O)N/N=C\c3cccc(Br)c3)[nH]n2)cc1. The number of benzene rings is 2. The molecule has 3 rings (SSSR count). The van der Waals surface area contributed by atoms with Crippen molar-refractivity contribution in [3.05, 3.63) is 70.3 Å². The smallest absolute Gasteiger partial charge is 0.289 e. The van der Waals surface area contributed by atoms with Crippen LogP contribution < -0.4 is 10.2 Å². The molecule has 0 aliphatic rings. The van der Waals surface area contributed by atoms with Crippen LogP contribution in [0.25, 0.3) is 11.3 Å². The van der Waals surface area contributed by atoms with Gasteiger partial charge in [0, 0.05) is 10.0 Å². The molecule has 0 fully saturated rings. The summed E-state index contributed by atoms with van der Waals surface area (Å²) in [6, 6.07) is 16.8. The van der Waals surface area contributed by atoms with E-state index in [-0.39, 0.29) is 5.91 Å². The summed E-state index contributed by atoms with van der Waals surface area (Å²) >= 11 is 3.39. The van der Waals surface area contributed by atoms with Crippen LogP contribution in [-0.2, 0) is 0 Å². The molecule has 0 aliphatic heterocycles. The lowest BCUT2D eigenvalue weighted by molar-refractivity contribution is 0.0950. The molecule has 3 aromatic rings. The molecule has 1 aromatic heterocycles. The molecule has 0 radical (unpaired) electrons. The number of ether oxygens (including phenoxy) is 1. The Morgan fingerprint density at radius 3 is 2.81 bits per heavy atom. The summed E-state index contributed by atoms with van der Waals surface area (Å²) < 4.78 is 6.36. The van der Waals surface area contributed by atoms with Gasteiger partial charge in [0.1, 0.15) is 11.4 Å². The standard InChI is InChI=1S/C19H17BrN4O2/c1-2-26-16-8-6-14(7-9-16)17-11-18(23-22-17)19(25)24-21-12-13-4-3-5-15(20)10-13/h3-12H,2H2,1H3,(H,22,23)(H,24,25)/b21-12-. The summed E-state index contributed by atoms with van der Waals surface area (Å²) in [7, 11) is 0. The van der Waals surface area contributed by atoms with Crippen LogP contribution in [0.15, 0.2) is 64.2 Å². The van der Waals surface area contributed by atoms with Gasteiger partial charge in [-0.25, -0.2) is 5.43 Å². The van der Waals surface area contributed by atoms with Crippen molar-refractivity contribution in [2.45, 2.75) is 6.92 Å². The Morgan fingerprint density at radius 2 is 2.08 bits per heavy atom. The molecular formula is C19H17BrN4O2. The Bertz CT molecular complexity index is 919. The number of H-pyrrole nitrogens is 1. The maximum absolute atomic E-state index is 12.2. The molecule has 0 atom stereocenters. The molecule has 1 heterocycles. The minimum Gasteiger partial charge on any atom is -0.494 e. The molecule has 1 amide bonds. The zero-order valence-electron chi connectivity index (χ0n) is 14.1. The third-order valence-corrected chi connectivity index (χ3v) is 4.01. The topological polar surface area (TPSA) is 79.4 Å². The fourth-order valence-electron chi connectivity index (χ4n) is 2.29. The number of hydrogen-bond donors (Lipinski definition) is 2.